The number of aliphatic hydroxyl groups is 1. The summed E-state index contributed by atoms with van der Waals surface area (Å²) >= 11 is 0. The van der Waals surface area contributed by atoms with E-state index in [1.54, 1.807) is 12.3 Å². The van der Waals surface area contributed by atoms with E-state index in [-0.39, 0.29) is 6.61 Å². The van der Waals surface area contributed by atoms with E-state index in [4.69, 9.17) is 0 Å². The molecule has 128 valence electrons. The van der Waals surface area contributed by atoms with Crippen LogP contribution in [0, 0.1) is 0 Å². The summed E-state index contributed by atoms with van der Waals surface area (Å²) in [5.74, 6) is 0.550. The van der Waals surface area contributed by atoms with Crippen LogP contribution in [0.3, 0.4) is 0 Å². The van der Waals surface area contributed by atoms with Crippen LogP contribution in [0.1, 0.15) is 5.56 Å². The highest BCUT2D eigenvalue weighted by atomic mass is 16.3. The molecule has 0 saturated heterocycles. The van der Waals surface area contributed by atoms with Gasteiger partial charge in [-0.2, -0.15) is 4.98 Å². The van der Waals surface area contributed by atoms with Crippen molar-refractivity contribution < 1.29 is 5.11 Å². The van der Waals surface area contributed by atoms with Crippen molar-refractivity contribution >= 4 is 22.5 Å². The normalized spacial score (nSPS) is 10.8. The summed E-state index contributed by atoms with van der Waals surface area (Å²) in [6.45, 7) is 0.00300. The molecule has 0 unspecified atom stereocenters. The van der Waals surface area contributed by atoms with Crippen molar-refractivity contribution in [1.82, 2.24) is 15.0 Å². The Morgan fingerprint density at radius 3 is 2.65 bits per heavy atom. The molecular formula is C20H16N4O2. The van der Waals surface area contributed by atoms with E-state index in [0.29, 0.717) is 11.5 Å². The van der Waals surface area contributed by atoms with E-state index in [0.717, 1.165) is 27.8 Å². The number of anilines is 2. The highest BCUT2D eigenvalue weighted by molar-refractivity contribution is 5.88. The van der Waals surface area contributed by atoms with Gasteiger partial charge in [-0.25, -0.2) is 9.78 Å². The number of fused-ring (bicyclic) bond motifs is 1. The van der Waals surface area contributed by atoms with E-state index >= 15 is 0 Å². The molecular weight excluding hydrogens is 328 g/mol. The fourth-order valence-corrected chi connectivity index (χ4v) is 2.85. The highest BCUT2D eigenvalue weighted by Gasteiger charge is 2.07. The van der Waals surface area contributed by atoms with Crippen LogP contribution in [-0.2, 0) is 6.61 Å². The molecule has 6 nitrogen and oxygen atoms in total. The number of benzene rings is 2. The predicted molar refractivity (Wildman–Crippen MR) is 101 cm³/mol. The fraction of sp³-hybridized carbons (Fsp3) is 0.0500. The van der Waals surface area contributed by atoms with Gasteiger partial charge >= 0.3 is 5.69 Å². The second-order valence-electron chi connectivity index (χ2n) is 5.86. The molecule has 2 aromatic carbocycles. The van der Waals surface area contributed by atoms with Crippen LogP contribution in [0.25, 0.3) is 22.2 Å². The number of rotatable bonds is 4. The third kappa shape index (κ3) is 3.18. The Balaban J connectivity index is 1.73. The van der Waals surface area contributed by atoms with E-state index in [1.165, 1.54) is 0 Å². The molecule has 0 aliphatic rings. The summed E-state index contributed by atoms with van der Waals surface area (Å²) in [5.41, 5.74) is 3.63. The van der Waals surface area contributed by atoms with Gasteiger partial charge in [-0.05, 0) is 47.0 Å². The van der Waals surface area contributed by atoms with Crippen LogP contribution in [0.2, 0.25) is 0 Å². The van der Waals surface area contributed by atoms with E-state index < -0.39 is 5.69 Å². The molecule has 0 radical (unpaired) electrons. The first kappa shape index (κ1) is 16.0. The van der Waals surface area contributed by atoms with Gasteiger partial charge in [-0.1, -0.05) is 30.3 Å². The van der Waals surface area contributed by atoms with Crippen LogP contribution >= 0.6 is 0 Å². The van der Waals surface area contributed by atoms with Crippen molar-refractivity contribution in [2.45, 2.75) is 6.61 Å². The van der Waals surface area contributed by atoms with Crippen LogP contribution in [0.15, 0.2) is 71.7 Å². The van der Waals surface area contributed by atoms with Crippen molar-refractivity contribution in [3.8, 4) is 11.1 Å². The van der Waals surface area contributed by atoms with Gasteiger partial charge in [0.25, 0.3) is 0 Å². The first-order valence-corrected chi connectivity index (χ1v) is 8.15. The molecule has 0 atom stereocenters. The molecule has 2 heterocycles. The molecule has 0 aliphatic carbocycles. The van der Waals surface area contributed by atoms with Crippen molar-refractivity contribution in [3.63, 3.8) is 0 Å². The summed E-state index contributed by atoms with van der Waals surface area (Å²) in [6.07, 6.45) is 1.60. The van der Waals surface area contributed by atoms with Gasteiger partial charge in [-0.15, -0.1) is 0 Å². The maximum Gasteiger partial charge on any atom is 0.348 e. The number of hydrogen-bond donors (Lipinski definition) is 3. The average Bonchev–Trinajstić information content (AvgIpc) is 2.68. The summed E-state index contributed by atoms with van der Waals surface area (Å²) in [4.78, 5) is 22.5. The van der Waals surface area contributed by atoms with Crippen molar-refractivity contribution in [2.24, 2.45) is 0 Å². The third-order valence-electron chi connectivity index (χ3n) is 4.07. The van der Waals surface area contributed by atoms with Gasteiger partial charge < -0.3 is 10.4 Å². The van der Waals surface area contributed by atoms with E-state index in [1.807, 2.05) is 54.6 Å². The number of pyridine rings is 1. The lowest BCUT2D eigenvalue weighted by atomic mass is 10.0. The minimum atomic E-state index is -0.453. The van der Waals surface area contributed by atoms with Crippen LogP contribution in [0.5, 0.6) is 0 Å². The van der Waals surface area contributed by atoms with Gasteiger partial charge in [0, 0.05) is 11.9 Å². The molecule has 0 aliphatic heterocycles. The van der Waals surface area contributed by atoms with Gasteiger partial charge in [0.2, 0.25) is 0 Å². The molecule has 0 fully saturated rings. The number of aliphatic hydroxyl groups excluding tert-OH is 1. The zero-order valence-electron chi connectivity index (χ0n) is 13.8. The fourth-order valence-electron chi connectivity index (χ4n) is 2.85. The molecule has 0 amide bonds. The van der Waals surface area contributed by atoms with E-state index in [2.05, 4.69) is 20.3 Å². The maximum atomic E-state index is 11.8. The lowest BCUT2D eigenvalue weighted by Gasteiger charge is -2.10. The number of nitrogens with one attached hydrogen (secondary N) is 2. The van der Waals surface area contributed by atoms with Crippen LogP contribution < -0.4 is 11.0 Å². The Morgan fingerprint density at radius 1 is 1.00 bits per heavy atom. The Hall–Kier alpha value is -3.51. The number of nitrogens with zero attached hydrogens (tertiary/aromatic N) is 2. The van der Waals surface area contributed by atoms with E-state index in [9.17, 15) is 9.90 Å². The highest BCUT2D eigenvalue weighted by Crippen LogP contribution is 2.26. The summed E-state index contributed by atoms with van der Waals surface area (Å²) < 4.78 is 0. The second-order valence-corrected chi connectivity index (χ2v) is 5.86. The topological polar surface area (TPSA) is 90.9 Å². The minimum absolute atomic E-state index is 0.00300. The zero-order chi connectivity index (χ0) is 17.9. The first-order valence-electron chi connectivity index (χ1n) is 8.15. The van der Waals surface area contributed by atoms with Crippen molar-refractivity contribution in [1.29, 1.82) is 0 Å². The third-order valence-corrected chi connectivity index (χ3v) is 4.07. The lowest BCUT2D eigenvalue weighted by molar-refractivity contribution is 0.282. The number of aromatic nitrogens is 3. The molecule has 3 N–H and O–H groups in total. The van der Waals surface area contributed by atoms with Gasteiger partial charge in [-0.3, -0.25) is 4.98 Å². The Labute approximate surface area is 149 Å². The first-order chi connectivity index (χ1) is 12.7. The maximum absolute atomic E-state index is 11.8. The molecule has 2 aromatic heterocycles. The number of hydrogen-bond acceptors (Lipinski definition) is 5. The molecule has 0 spiro atoms. The molecule has 0 bridgehead atoms. The second kappa shape index (κ2) is 6.78. The SMILES string of the molecule is O=c1nc2ncccc2c(Nc2cccc(-c3cccc(CO)c3)c2)[nH]1. The number of H-pyrrole nitrogens is 1. The molecule has 6 heteroatoms. The Kier molecular flexibility index (Phi) is 4.17. The Bertz CT molecular complexity index is 1140. The zero-order valence-corrected chi connectivity index (χ0v) is 13.8. The lowest BCUT2D eigenvalue weighted by Crippen LogP contribution is -2.13. The van der Waals surface area contributed by atoms with Crippen molar-refractivity contribution in [3.05, 3.63) is 82.9 Å². The largest absolute Gasteiger partial charge is 0.392 e. The monoisotopic (exact) mass is 344 g/mol. The van der Waals surface area contributed by atoms with Crippen molar-refractivity contribution in [2.75, 3.05) is 5.32 Å². The summed E-state index contributed by atoms with van der Waals surface area (Å²) in [7, 11) is 0. The molecule has 26 heavy (non-hydrogen) atoms. The molecule has 4 aromatic rings. The standard InChI is InChI=1S/C20H16N4O2/c25-12-13-4-1-5-14(10-13)15-6-2-7-16(11-15)22-19-17-8-3-9-21-18(17)23-20(26)24-19/h1-11,25H,12H2,(H2,21,22,23,24,26). The summed E-state index contributed by atoms with van der Waals surface area (Å²) in [6, 6.07) is 19.2. The minimum Gasteiger partial charge on any atom is -0.392 e. The van der Waals surface area contributed by atoms with Crippen LogP contribution in [-0.4, -0.2) is 20.1 Å². The quantitative estimate of drug-likeness (QED) is 0.529. The van der Waals surface area contributed by atoms with Gasteiger partial charge in [0.05, 0.1) is 12.0 Å². The molecule has 4 rings (SSSR count). The van der Waals surface area contributed by atoms with Gasteiger partial charge in [0.1, 0.15) is 5.82 Å². The Morgan fingerprint density at radius 2 is 1.81 bits per heavy atom. The smallest absolute Gasteiger partial charge is 0.348 e. The summed E-state index contributed by atoms with van der Waals surface area (Å²) in [5, 5.41) is 13.3. The average molecular weight is 344 g/mol. The predicted octanol–water partition coefficient (Wildman–Crippen LogP) is 3.22. The molecule has 0 saturated carbocycles. The van der Waals surface area contributed by atoms with Crippen LogP contribution in [0.4, 0.5) is 11.5 Å². The number of aromatic amines is 1. The van der Waals surface area contributed by atoms with Gasteiger partial charge in [0.15, 0.2) is 5.65 Å².